The van der Waals surface area contributed by atoms with Crippen molar-refractivity contribution in [1.29, 1.82) is 0 Å². The van der Waals surface area contributed by atoms with Crippen molar-refractivity contribution in [3.63, 3.8) is 0 Å². The molecule has 2 aromatic heterocycles. The summed E-state index contributed by atoms with van der Waals surface area (Å²) in [5.74, 6) is -0.317. The number of nitrogens with zero attached hydrogens (tertiary/aromatic N) is 5. The molecule has 0 radical (unpaired) electrons. The number of amides is 2. The lowest BCUT2D eigenvalue weighted by atomic mass is 9.99. The van der Waals surface area contributed by atoms with Crippen molar-refractivity contribution in [2.24, 2.45) is 13.0 Å². The second-order valence-electron chi connectivity index (χ2n) is 10.1. The Balaban J connectivity index is 1.68. The van der Waals surface area contributed by atoms with E-state index in [4.69, 9.17) is 4.74 Å². The van der Waals surface area contributed by atoms with Crippen LogP contribution in [0.3, 0.4) is 0 Å². The van der Waals surface area contributed by atoms with Gasteiger partial charge >= 0.3 is 0 Å². The van der Waals surface area contributed by atoms with Gasteiger partial charge in [0.25, 0.3) is 11.8 Å². The summed E-state index contributed by atoms with van der Waals surface area (Å²) in [6, 6.07) is 10.4. The zero-order valence-corrected chi connectivity index (χ0v) is 22.6. The fraction of sp³-hybridized carbons (Fsp3) is 0.429. The van der Waals surface area contributed by atoms with Crippen LogP contribution in [0.25, 0.3) is 0 Å². The lowest BCUT2D eigenvalue weighted by molar-refractivity contribution is 0.0343. The highest BCUT2D eigenvalue weighted by atomic mass is 16.5. The largest absolute Gasteiger partial charge is 0.486 e. The lowest BCUT2D eigenvalue weighted by Gasteiger charge is -2.38. The predicted molar refractivity (Wildman–Crippen MR) is 144 cm³/mol. The quantitative estimate of drug-likeness (QED) is 0.470. The van der Waals surface area contributed by atoms with Gasteiger partial charge in [-0.25, -0.2) is 0 Å². The number of carbonyl (C=O) groups is 2. The molecular weight excluding hydrogens is 484 g/mol. The fourth-order valence-corrected chi connectivity index (χ4v) is 4.74. The van der Waals surface area contributed by atoms with Crippen LogP contribution in [0.4, 0.5) is 5.69 Å². The molecule has 0 bridgehead atoms. The molecule has 1 aliphatic heterocycles. The second kappa shape index (κ2) is 11.7. The van der Waals surface area contributed by atoms with Crippen LogP contribution in [-0.4, -0.2) is 80.4 Å². The number of para-hydroxylation sites is 1. The van der Waals surface area contributed by atoms with Crippen LogP contribution in [0.5, 0.6) is 5.75 Å². The lowest BCUT2D eigenvalue weighted by Crippen LogP contribution is -2.49. The minimum Gasteiger partial charge on any atom is -0.486 e. The summed E-state index contributed by atoms with van der Waals surface area (Å²) in [7, 11) is 3.73. The first kappa shape index (κ1) is 27.3. The maximum absolute atomic E-state index is 13.7. The molecule has 10 heteroatoms. The van der Waals surface area contributed by atoms with Gasteiger partial charge in [0, 0.05) is 45.0 Å². The molecule has 0 spiro atoms. The van der Waals surface area contributed by atoms with Crippen molar-refractivity contribution in [2.75, 3.05) is 32.1 Å². The average Bonchev–Trinajstić information content (AvgIpc) is 3.24. The van der Waals surface area contributed by atoms with Crippen molar-refractivity contribution in [2.45, 2.75) is 39.5 Å². The Morgan fingerprint density at radius 3 is 2.68 bits per heavy atom. The van der Waals surface area contributed by atoms with E-state index in [9.17, 15) is 14.7 Å². The average molecular weight is 521 g/mol. The van der Waals surface area contributed by atoms with Gasteiger partial charge in [-0.05, 0) is 56.8 Å². The van der Waals surface area contributed by atoms with Gasteiger partial charge in [0.1, 0.15) is 11.8 Å². The first-order valence-corrected chi connectivity index (χ1v) is 12.8. The van der Waals surface area contributed by atoms with Gasteiger partial charge in [-0.3, -0.25) is 24.2 Å². The standard InChI is InChI=1S/C28H36N6O4/c1-18-14-34(20(3)17-35)28(37)22-7-6-8-23(30-27(36)24-13-19(2)31-33(24)5)26(22)38-25(18)16-32(4)15-21-9-11-29-12-10-21/h6-13,18,20,25,35H,14-17H2,1-5H3,(H,30,36)/t18-,20-,25+/m1/s1. The summed E-state index contributed by atoms with van der Waals surface area (Å²) in [5, 5.41) is 17.1. The van der Waals surface area contributed by atoms with Crippen molar-refractivity contribution < 1.29 is 19.4 Å². The number of aliphatic hydroxyl groups excluding tert-OH is 1. The van der Waals surface area contributed by atoms with Gasteiger partial charge in [0.15, 0.2) is 5.75 Å². The molecule has 3 heterocycles. The molecule has 3 atom stereocenters. The predicted octanol–water partition coefficient (Wildman–Crippen LogP) is 2.73. The number of benzene rings is 1. The molecule has 3 aromatic rings. The highest BCUT2D eigenvalue weighted by Crippen LogP contribution is 2.35. The Morgan fingerprint density at radius 1 is 1.29 bits per heavy atom. The van der Waals surface area contributed by atoms with E-state index in [2.05, 4.69) is 20.3 Å². The van der Waals surface area contributed by atoms with Crippen LogP contribution in [0.2, 0.25) is 0 Å². The van der Waals surface area contributed by atoms with E-state index < -0.39 is 0 Å². The Bertz CT molecular complexity index is 1280. The number of carbonyl (C=O) groups excluding carboxylic acids is 2. The number of hydrogen-bond donors (Lipinski definition) is 2. The van der Waals surface area contributed by atoms with Gasteiger partial charge in [0.05, 0.1) is 29.6 Å². The molecule has 0 saturated carbocycles. The molecule has 2 amide bonds. The molecule has 1 aromatic carbocycles. The number of pyridine rings is 1. The van der Waals surface area contributed by atoms with Crippen LogP contribution < -0.4 is 10.1 Å². The first-order valence-electron chi connectivity index (χ1n) is 12.8. The molecule has 10 nitrogen and oxygen atoms in total. The van der Waals surface area contributed by atoms with Crippen LogP contribution in [-0.2, 0) is 13.6 Å². The number of nitrogens with one attached hydrogen (secondary N) is 1. The van der Waals surface area contributed by atoms with E-state index in [0.717, 1.165) is 11.3 Å². The third-order valence-electron chi connectivity index (χ3n) is 6.87. The maximum atomic E-state index is 13.7. The molecule has 2 N–H and O–H groups in total. The van der Waals surface area contributed by atoms with E-state index in [1.807, 2.05) is 40.0 Å². The van der Waals surface area contributed by atoms with Gasteiger partial charge in [-0.1, -0.05) is 13.0 Å². The Labute approximate surface area is 223 Å². The summed E-state index contributed by atoms with van der Waals surface area (Å²) in [6.45, 7) is 7.25. The van der Waals surface area contributed by atoms with Gasteiger partial charge in [-0.2, -0.15) is 5.10 Å². The van der Waals surface area contributed by atoms with Crippen molar-refractivity contribution >= 4 is 17.5 Å². The van der Waals surface area contributed by atoms with Crippen molar-refractivity contribution in [1.82, 2.24) is 24.6 Å². The summed E-state index contributed by atoms with van der Waals surface area (Å²) in [6.07, 6.45) is 3.25. The molecule has 4 rings (SSSR count). The van der Waals surface area contributed by atoms with E-state index in [-0.39, 0.29) is 36.5 Å². The number of rotatable bonds is 8. The SMILES string of the molecule is Cc1cc(C(=O)Nc2cccc3c2O[C@@H](CN(C)Cc2ccncc2)[C@H](C)CN([C@H](C)CO)C3=O)n(C)n1. The van der Waals surface area contributed by atoms with Crippen LogP contribution in [0.15, 0.2) is 48.8 Å². The topological polar surface area (TPSA) is 113 Å². The number of ether oxygens (including phenoxy) is 1. The normalized spacial score (nSPS) is 18.4. The second-order valence-corrected chi connectivity index (χ2v) is 10.1. The van der Waals surface area contributed by atoms with Crippen LogP contribution in [0.1, 0.15) is 46.0 Å². The van der Waals surface area contributed by atoms with Gasteiger partial charge in [0.2, 0.25) is 0 Å². The fourth-order valence-electron chi connectivity index (χ4n) is 4.74. The highest BCUT2D eigenvalue weighted by Gasteiger charge is 2.34. The number of likely N-dealkylation sites (N-methyl/N-ethyl adjacent to an activating group) is 1. The van der Waals surface area contributed by atoms with E-state index in [1.54, 1.807) is 48.6 Å². The zero-order valence-electron chi connectivity index (χ0n) is 22.6. The summed E-state index contributed by atoms with van der Waals surface area (Å²) < 4.78 is 8.11. The number of fused-ring (bicyclic) bond motifs is 1. The molecule has 0 fully saturated rings. The monoisotopic (exact) mass is 520 g/mol. The Hall–Kier alpha value is -3.76. The van der Waals surface area contributed by atoms with Gasteiger partial charge < -0.3 is 20.1 Å². The number of aryl methyl sites for hydroxylation is 2. The molecular formula is C28H36N6O4. The minimum absolute atomic E-state index is 0.0514. The first-order chi connectivity index (χ1) is 18.2. The van der Waals surface area contributed by atoms with Crippen LogP contribution in [0, 0.1) is 12.8 Å². The van der Waals surface area contributed by atoms with Gasteiger partial charge in [-0.15, -0.1) is 0 Å². The minimum atomic E-state index is -0.373. The molecule has 38 heavy (non-hydrogen) atoms. The van der Waals surface area contributed by atoms with Crippen molar-refractivity contribution in [3.8, 4) is 5.75 Å². The van der Waals surface area contributed by atoms with E-state index in [1.165, 1.54) is 4.68 Å². The molecule has 202 valence electrons. The summed E-state index contributed by atoms with van der Waals surface area (Å²) in [4.78, 5) is 34.8. The summed E-state index contributed by atoms with van der Waals surface area (Å²) in [5.41, 5.74) is 3.01. The van der Waals surface area contributed by atoms with Crippen LogP contribution >= 0.6 is 0 Å². The number of aromatic nitrogens is 3. The molecule has 1 aliphatic rings. The molecule has 0 aliphatic carbocycles. The smallest absolute Gasteiger partial charge is 0.274 e. The van der Waals surface area contributed by atoms with E-state index >= 15 is 0 Å². The number of hydrogen-bond acceptors (Lipinski definition) is 7. The number of aliphatic hydroxyl groups is 1. The Morgan fingerprint density at radius 2 is 2.03 bits per heavy atom. The number of anilines is 1. The van der Waals surface area contributed by atoms with E-state index in [0.29, 0.717) is 42.3 Å². The third kappa shape index (κ3) is 6.03. The summed E-state index contributed by atoms with van der Waals surface area (Å²) >= 11 is 0. The Kier molecular flexibility index (Phi) is 8.43. The zero-order chi connectivity index (χ0) is 27.4. The maximum Gasteiger partial charge on any atom is 0.274 e. The third-order valence-corrected chi connectivity index (χ3v) is 6.87. The highest BCUT2D eigenvalue weighted by molar-refractivity contribution is 6.06. The molecule has 0 unspecified atom stereocenters. The molecule has 0 saturated heterocycles. The van der Waals surface area contributed by atoms with Crippen molar-refractivity contribution in [3.05, 3.63) is 71.3 Å².